The van der Waals surface area contributed by atoms with E-state index in [4.69, 9.17) is 5.11 Å². The molecule has 1 heterocycles. The van der Waals surface area contributed by atoms with E-state index in [9.17, 15) is 0 Å². The normalized spacial score (nSPS) is 24.8. The molecule has 0 aliphatic carbocycles. The molecule has 3 heteroatoms. The molecule has 0 aromatic rings. The highest BCUT2D eigenvalue weighted by molar-refractivity contribution is 8.00. The summed E-state index contributed by atoms with van der Waals surface area (Å²) in [6.07, 6.45) is 0. The molecule has 48 valence electrons. The monoisotopic (exact) mass is 133 g/mol. The largest absolute Gasteiger partial charge is 0.394 e. The number of thioether (sulfide) groups is 1. The van der Waals surface area contributed by atoms with Crippen molar-refractivity contribution in [1.29, 1.82) is 0 Å². The van der Waals surface area contributed by atoms with Crippen molar-refractivity contribution in [2.75, 3.05) is 25.2 Å². The lowest BCUT2D eigenvalue weighted by molar-refractivity contribution is 0.195. The summed E-state index contributed by atoms with van der Waals surface area (Å²) in [5.41, 5.74) is 0.0741. The molecule has 0 amide bonds. The number of aliphatic hydroxyl groups is 1. The second-order valence-electron chi connectivity index (χ2n) is 2.18. The molecule has 1 fully saturated rings. The number of rotatable bonds is 2. The maximum Gasteiger partial charge on any atom is 0.0629 e. The van der Waals surface area contributed by atoms with Crippen molar-refractivity contribution in [3.8, 4) is 0 Å². The Morgan fingerprint density at radius 2 is 2.38 bits per heavy atom. The lowest BCUT2D eigenvalue weighted by Gasteiger charge is -2.39. The van der Waals surface area contributed by atoms with E-state index in [0.717, 1.165) is 11.5 Å². The van der Waals surface area contributed by atoms with Crippen molar-refractivity contribution in [3.63, 3.8) is 0 Å². The van der Waals surface area contributed by atoms with E-state index in [1.54, 1.807) is 0 Å². The molecule has 0 unspecified atom stereocenters. The molecule has 0 radical (unpaired) electrons. The third-order valence-electron chi connectivity index (χ3n) is 1.59. The van der Waals surface area contributed by atoms with Gasteiger partial charge in [0.05, 0.1) is 12.1 Å². The van der Waals surface area contributed by atoms with Crippen LogP contribution in [0.25, 0.3) is 0 Å². The molecule has 1 rings (SSSR count). The summed E-state index contributed by atoms with van der Waals surface area (Å²) in [4.78, 5) is 0. The molecular formula is C5H11NOS. The van der Waals surface area contributed by atoms with Crippen LogP contribution in [-0.2, 0) is 0 Å². The molecule has 2 N–H and O–H groups in total. The van der Waals surface area contributed by atoms with Crippen molar-refractivity contribution in [2.45, 2.75) is 5.54 Å². The minimum atomic E-state index is 0.0741. The van der Waals surface area contributed by atoms with Crippen molar-refractivity contribution in [2.24, 2.45) is 0 Å². The number of hydrogen-bond donors (Lipinski definition) is 2. The van der Waals surface area contributed by atoms with Crippen LogP contribution in [0.5, 0.6) is 0 Å². The fraction of sp³-hybridized carbons (Fsp3) is 1.00. The Hall–Kier alpha value is 0.270. The Morgan fingerprint density at radius 1 is 1.75 bits per heavy atom. The lowest BCUT2D eigenvalue weighted by Crippen LogP contribution is -2.57. The van der Waals surface area contributed by atoms with E-state index >= 15 is 0 Å². The molecular weight excluding hydrogens is 122 g/mol. The quantitative estimate of drug-likeness (QED) is 0.541. The van der Waals surface area contributed by atoms with Crippen LogP contribution in [0.1, 0.15) is 0 Å². The molecule has 0 saturated carbocycles. The van der Waals surface area contributed by atoms with Crippen molar-refractivity contribution in [1.82, 2.24) is 5.32 Å². The maximum atomic E-state index is 8.76. The van der Waals surface area contributed by atoms with Crippen LogP contribution in [0, 0.1) is 0 Å². The van der Waals surface area contributed by atoms with Crippen molar-refractivity contribution in [3.05, 3.63) is 0 Å². The zero-order valence-corrected chi connectivity index (χ0v) is 5.79. The number of hydrogen-bond acceptors (Lipinski definition) is 3. The van der Waals surface area contributed by atoms with Gasteiger partial charge in [-0.1, -0.05) is 0 Å². The Labute approximate surface area is 53.7 Å². The fourth-order valence-electron chi connectivity index (χ4n) is 0.663. The smallest absolute Gasteiger partial charge is 0.0629 e. The first-order chi connectivity index (χ1) is 3.83. The first kappa shape index (κ1) is 6.39. The van der Waals surface area contributed by atoms with Gasteiger partial charge in [-0.2, -0.15) is 11.8 Å². The molecule has 8 heavy (non-hydrogen) atoms. The predicted molar refractivity (Wildman–Crippen MR) is 36.2 cm³/mol. The predicted octanol–water partition coefficient (Wildman–Crippen LogP) is -0.316. The van der Waals surface area contributed by atoms with E-state index in [1.165, 1.54) is 0 Å². The summed E-state index contributed by atoms with van der Waals surface area (Å²) >= 11 is 1.87. The Morgan fingerprint density at radius 3 is 2.38 bits per heavy atom. The summed E-state index contributed by atoms with van der Waals surface area (Å²) in [7, 11) is 1.90. The highest BCUT2D eigenvalue weighted by Gasteiger charge is 2.34. The molecule has 0 bridgehead atoms. The van der Waals surface area contributed by atoms with Gasteiger partial charge in [0.15, 0.2) is 0 Å². The Kier molecular flexibility index (Phi) is 1.80. The Bertz CT molecular complexity index is 69.0. The summed E-state index contributed by atoms with van der Waals surface area (Å²) in [5.74, 6) is 2.11. The van der Waals surface area contributed by atoms with Gasteiger partial charge in [-0.25, -0.2) is 0 Å². The van der Waals surface area contributed by atoms with E-state index in [-0.39, 0.29) is 12.1 Å². The van der Waals surface area contributed by atoms with E-state index in [0.29, 0.717) is 0 Å². The van der Waals surface area contributed by atoms with Crippen molar-refractivity contribution < 1.29 is 5.11 Å². The average Bonchev–Trinajstić information content (AvgIpc) is 1.67. The van der Waals surface area contributed by atoms with E-state index in [2.05, 4.69) is 5.32 Å². The van der Waals surface area contributed by atoms with E-state index in [1.807, 2.05) is 18.8 Å². The first-order valence-corrected chi connectivity index (χ1v) is 3.86. The SMILES string of the molecule is CNC1(CO)CSC1. The van der Waals surface area contributed by atoms with Crippen molar-refractivity contribution >= 4 is 11.8 Å². The molecule has 1 aliphatic heterocycles. The van der Waals surface area contributed by atoms with Gasteiger partial charge >= 0.3 is 0 Å². The highest BCUT2D eigenvalue weighted by Crippen LogP contribution is 2.27. The second kappa shape index (κ2) is 2.25. The average molecular weight is 133 g/mol. The molecule has 0 spiro atoms. The summed E-state index contributed by atoms with van der Waals surface area (Å²) in [6.45, 7) is 0.274. The minimum absolute atomic E-state index is 0.0741. The van der Waals surface area contributed by atoms with Crippen LogP contribution >= 0.6 is 11.8 Å². The minimum Gasteiger partial charge on any atom is -0.394 e. The summed E-state index contributed by atoms with van der Waals surface area (Å²) in [5, 5.41) is 11.9. The van der Waals surface area contributed by atoms with Gasteiger partial charge in [0.1, 0.15) is 0 Å². The highest BCUT2D eigenvalue weighted by atomic mass is 32.2. The molecule has 0 aromatic carbocycles. The van der Waals surface area contributed by atoms with Gasteiger partial charge in [0, 0.05) is 11.5 Å². The van der Waals surface area contributed by atoms with Crippen LogP contribution < -0.4 is 5.32 Å². The standard InChI is InChI=1S/C5H11NOS/c1-6-5(2-7)3-8-4-5/h6-7H,2-4H2,1H3. The molecule has 1 saturated heterocycles. The first-order valence-electron chi connectivity index (χ1n) is 2.70. The number of aliphatic hydroxyl groups excluding tert-OH is 1. The van der Waals surface area contributed by atoms with Gasteiger partial charge in [-0.15, -0.1) is 0 Å². The molecule has 0 aromatic heterocycles. The second-order valence-corrected chi connectivity index (χ2v) is 3.17. The fourth-order valence-corrected chi connectivity index (χ4v) is 1.83. The maximum absolute atomic E-state index is 8.76. The lowest BCUT2D eigenvalue weighted by atomic mass is 10.1. The topological polar surface area (TPSA) is 32.3 Å². The molecule has 0 atom stereocenters. The van der Waals surface area contributed by atoms with Gasteiger partial charge in [-0.05, 0) is 7.05 Å². The Balaban J connectivity index is 2.33. The van der Waals surface area contributed by atoms with Gasteiger partial charge < -0.3 is 10.4 Å². The molecule has 2 nitrogen and oxygen atoms in total. The zero-order valence-electron chi connectivity index (χ0n) is 4.98. The van der Waals surface area contributed by atoms with Crippen LogP contribution in [0.2, 0.25) is 0 Å². The zero-order chi connectivity index (χ0) is 6.04. The van der Waals surface area contributed by atoms with E-state index < -0.39 is 0 Å². The van der Waals surface area contributed by atoms with Crippen LogP contribution in [0.15, 0.2) is 0 Å². The third kappa shape index (κ3) is 0.855. The van der Waals surface area contributed by atoms with Crippen LogP contribution in [-0.4, -0.2) is 35.8 Å². The van der Waals surface area contributed by atoms with Gasteiger partial charge in [0.25, 0.3) is 0 Å². The van der Waals surface area contributed by atoms with Crippen LogP contribution in [0.4, 0.5) is 0 Å². The number of nitrogens with one attached hydrogen (secondary N) is 1. The van der Waals surface area contributed by atoms with Gasteiger partial charge in [0.2, 0.25) is 0 Å². The summed E-state index contributed by atoms with van der Waals surface area (Å²) < 4.78 is 0. The third-order valence-corrected chi connectivity index (χ3v) is 3.10. The summed E-state index contributed by atoms with van der Waals surface area (Å²) in [6, 6.07) is 0. The number of likely N-dealkylation sites (N-methyl/N-ethyl adjacent to an activating group) is 1. The van der Waals surface area contributed by atoms with Gasteiger partial charge in [-0.3, -0.25) is 0 Å². The molecule has 1 aliphatic rings. The van der Waals surface area contributed by atoms with Crippen LogP contribution in [0.3, 0.4) is 0 Å².